The number of amides is 2. The van der Waals surface area contributed by atoms with Crippen molar-refractivity contribution in [3.8, 4) is 0 Å². The van der Waals surface area contributed by atoms with Crippen LogP contribution in [0.4, 0.5) is 10.5 Å². The zero-order valence-electron chi connectivity index (χ0n) is 10.4. The van der Waals surface area contributed by atoms with E-state index in [0.29, 0.717) is 0 Å². The van der Waals surface area contributed by atoms with Crippen LogP contribution in [0.15, 0.2) is 18.5 Å². The average molecular weight is 299 g/mol. The molecule has 20 heavy (non-hydrogen) atoms. The number of hydrogen-bond donors (Lipinski definition) is 2. The van der Waals surface area contributed by atoms with Crippen molar-refractivity contribution < 1.29 is 23.1 Å². The number of aromatic carboxylic acids is 1. The molecular weight excluding hydrogens is 286 g/mol. The lowest BCUT2D eigenvalue weighted by molar-refractivity contribution is 0.0696. The summed E-state index contributed by atoms with van der Waals surface area (Å²) in [6, 6.07) is 0.817. The molecule has 0 atom stereocenters. The van der Waals surface area contributed by atoms with Crippen LogP contribution in [0.5, 0.6) is 0 Å². The number of carbonyl (C=O) groups excluding carboxylic acids is 1. The Morgan fingerprint density at radius 1 is 1.25 bits per heavy atom. The van der Waals surface area contributed by atoms with E-state index in [2.05, 4.69) is 10.3 Å². The second-order valence-corrected chi connectivity index (χ2v) is 6.64. The molecule has 0 spiro atoms. The molecule has 0 aromatic carbocycles. The maximum absolute atomic E-state index is 11.9. The number of nitrogens with zero attached hydrogens (tertiary/aromatic N) is 2. The lowest BCUT2D eigenvalue weighted by atomic mass is 10.2. The number of anilines is 1. The van der Waals surface area contributed by atoms with E-state index < -0.39 is 21.8 Å². The van der Waals surface area contributed by atoms with Crippen molar-refractivity contribution in [1.82, 2.24) is 9.88 Å². The molecule has 1 aromatic rings. The van der Waals surface area contributed by atoms with Gasteiger partial charge in [-0.25, -0.2) is 18.0 Å². The minimum absolute atomic E-state index is 0.0379. The van der Waals surface area contributed by atoms with E-state index in [9.17, 15) is 18.0 Å². The summed E-state index contributed by atoms with van der Waals surface area (Å²) < 4.78 is 22.5. The van der Waals surface area contributed by atoms with E-state index in [1.807, 2.05) is 0 Å². The highest BCUT2D eigenvalue weighted by Gasteiger charge is 2.25. The van der Waals surface area contributed by atoms with Crippen molar-refractivity contribution in [2.45, 2.75) is 0 Å². The van der Waals surface area contributed by atoms with Crippen molar-refractivity contribution in [3.05, 3.63) is 24.0 Å². The molecule has 0 unspecified atom stereocenters. The van der Waals surface area contributed by atoms with Crippen LogP contribution in [0.1, 0.15) is 10.4 Å². The zero-order chi connectivity index (χ0) is 14.8. The molecule has 0 aliphatic carbocycles. The average Bonchev–Trinajstić information content (AvgIpc) is 2.38. The highest BCUT2D eigenvalue weighted by molar-refractivity contribution is 7.91. The van der Waals surface area contributed by atoms with Crippen LogP contribution in [0.3, 0.4) is 0 Å². The van der Waals surface area contributed by atoms with E-state index in [1.54, 1.807) is 0 Å². The van der Waals surface area contributed by atoms with Crippen LogP contribution < -0.4 is 5.32 Å². The molecular formula is C11H13N3O5S. The van der Waals surface area contributed by atoms with Gasteiger partial charge in [-0.05, 0) is 6.07 Å². The lowest BCUT2D eigenvalue weighted by Gasteiger charge is -2.26. The highest BCUT2D eigenvalue weighted by Crippen LogP contribution is 2.11. The third-order valence-electron chi connectivity index (χ3n) is 2.87. The first-order valence-electron chi connectivity index (χ1n) is 5.82. The summed E-state index contributed by atoms with van der Waals surface area (Å²) in [5.41, 5.74) is 0.215. The number of carbonyl (C=O) groups is 2. The van der Waals surface area contributed by atoms with Crippen molar-refractivity contribution in [2.75, 3.05) is 29.9 Å². The van der Waals surface area contributed by atoms with Gasteiger partial charge in [-0.2, -0.15) is 0 Å². The smallest absolute Gasteiger partial charge is 0.337 e. The van der Waals surface area contributed by atoms with E-state index in [0.717, 1.165) is 0 Å². The number of carboxylic acids is 1. The summed E-state index contributed by atoms with van der Waals surface area (Å²) >= 11 is 0. The van der Waals surface area contributed by atoms with Crippen molar-refractivity contribution in [2.24, 2.45) is 0 Å². The van der Waals surface area contributed by atoms with Gasteiger partial charge in [0.1, 0.15) is 0 Å². The molecule has 9 heteroatoms. The molecule has 1 aliphatic rings. The fraction of sp³-hybridized carbons (Fsp3) is 0.364. The Bertz CT molecular complexity index is 629. The summed E-state index contributed by atoms with van der Waals surface area (Å²) in [4.78, 5) is 27.8. The van der Waals surface area contributed by atoms with Gasteiger partial charge in [0.2, 0.25) is 0 Å². The Morgan fingerprint density at radius 2 is 1.90 bits per heavy atom. The first-order chi connectivity index (χ1) is 9.37. The molecule has 2 amide bonds. The molecule has 0 saturated carbocycles. The van der Waals surface area contributed by atoms with Gasteiger partial charge in [0.15, 0.2) is 9.84 Å². The molecule has 0 bridgehead atoms. The summed E-state index contributed by atoms with van der Waals surface area (Å²) in [6.07, 6.45) is 2.50. The lowest BCUT2D eigenvalue weighted by Crippen LogP contribution is -2.45. The third kappa shape index (κ3) is 3.44. The Kier molecular flexibility index (Phi) is 3.89. The molecule has 8 nitrogen and oxygen atoms in total. The van der Waals surface area contributed by atoms with Gasteiger partial charge in [-0.3, -0.25) is 4.98 Å². The van der Waals surface area contributed by atoms with Gasteiger partial charge in [0.05, 0.1) is 29.0 Å². The van der Waals surface area contributed by atoms with Crippen LogP contribution in [0.25, 0.3) is 0 Å². The Labute approximate surface area is 115 Å². The molecule has 2 N–H and O–H groups in total. The molecule has 1 aliphatic heterocycles. The number of rotatable bonds is 2. The second kappa shape index (κ2) is 5.45. The number of aromatic nitrogens is 1. The van der Waals surface area contributed by atoms with Crippen molar-refractivity contribution in [3.63, 3.8) is 0 Å². The van der Waals surface area contributed by atoms with Gasteiger partial charge in [0.25, 0.3) is 0 Å². The van der Waals surface area contributed by atoms with Crippen LogP contribution in [0.2, 0.25) is 0 Å². The summed E-state index contributed by atoms with van der Waals surface area (Å²) in [5, 5.41) is 11.3. The number of hydrogen-bond acceptors (Lipinski definition) is 5. The number of sulfone groups is 1. The first kappa shape index (κ1) is 14.3. The van der Waals surface area contributed by atoms with E-state index in [1.165, 1.54) is 23.4 Å². The van der Waals surface area contributed by atoms with Crippen LogP contribution >= 0.6 is 0 Å². The Hall–Kier alpha value is -2.16. The largest absolute Gasteiger partial charge is 0.478 e. The SMILES string of the molecule is O=C(O)c1cncc(NC(=O)N2CCS(=O)(=O)CC2)c1. The number of urea groups is 1. The van der Waals surface area contributed by atoms with E-state index >= 15 is 0 Å². The predicted octanol–water partition coefficient (Wildman–Crippen LogP) is 0.0421. The quantitative estimate of drug-likeness (QED) is 0.796. The zero-order valence-corrected chi connectivity index (χ0v) is 11.3. The monoisotopic (exact) mass is 299 g/mol. The summed E-state index contributed by atoms with van der Waals surface area (Å²) in [5.74, 6) is -1.26. The van der Waals surface area contributed by atoms with Crippen molar-refractivity contribution >= 4 is 27.5 Å². The van der Waals surface area contributed by atoms with Gasteiger partial charge in [-0.15, -0.1) is 0 Å². The standard InChI is InChI=1S/C11H13N3O5S/c15-10(16)8-5-9(7-12-6-8)13-11(17)14-1-3-20(18,19)4-2-14/h5-7H,1-4H2,(H,13,17)(H,15,16). The molecule has 0 radical (unpaired) electrons. The van der Waals surface area contributed by atoms with E-state index in [-0.39, 0.29) is 35.8 Å². The summed E-state index contributed by atoms with van der Waals surface area (Å²) in [7, 11) is -3.05. The van der Waals surface area contributed by atoms with Gasteiger partial charge < -0.3 is 15.3 Å². The maximum Gasteiger partial charge on any atom is 0.337 e. The topological polar surface area (TPSA) is 117 Å². The van der Waals surface area contributed by atoms with Crippen LogP contribution in [0, 0.1) is 0 Å². The molecule has 108 valence electrons. The third-order valence-corrected chi connectivity index (χ3v) is 4.48. The van der Waals surface area contributed by atoms with Gasteiger partial charge in [0, 0.05) is 19.3 Å². The van der Waals surface area contributed by atoms with Gasteiger partial charge >= 0.3 is 12.0 Å². The molecule has 1 fully saturated rings. The molecule has 2 rings (SSSR count). The number of pyridine rings is 1. The van der Waals surface area contributed by atoms with Crippen LogP contribution in [-0.2, 0) is 9.84 Å². The van der Waals surface area contributed by atoms with E-state index in [4.69, 9.17) is 5.11 Å². The number of nitrogens with one attached hydrogen (secondary N) is 1. The first-order valence-corrected chi connectivity index (χ1v) is 7.64. The Morgan fingerprint density at radius 3 is 2.50 bits per heavy atom. The van der Waals surface area contributed by atoms with Gasteiger partial charge in [-0.1, -0.05) is 0 Å². The van der Waals surface area contributed by atoms with Crippen LogP contribution in [-0.4, -0.2) is 60.0 Å². The number of carboxylic acid groups (broad SMARTS) is 1. The Balaban J connectivity index is 2.02. The highest BCUT2D eigenvalue weighted by atomic mass is 32.2. The molecule has 1 saturated heterocycles. The molecule has 2 heterocycles. The summed E-state index contributed by atoms with van der Waals surface area (Å²) in [6.45, 7) is 0.250. The fourth-order valence-corrected chi connectivity index (χ4v) is 2.94. The minimum Gasteiger partial charge on any atom is -0.478 e. The predicted molar refractivity (Wildman–Crippen MR) is 70.4 cm³/mol. The minimum atomic E-state index is -3.05. The van der Waals surface area contributed by atoms with Crippen molar-refractivity contribution in [1.29, 1.82) is 0 Å². The fourth-order valence-electron chi connectivity index (χ4n) is 1.74. The second-order valence-electron chi connectivity index (χ2n) is 4.34. The maximum atomic E-state index is 11.9. The molecule has 1 aromatic heterocycles. The normalized spacial score (nSPS) is 17.5.